The van der Waals surface area contributed by atoms with Crippen LogP contribution in [-0.2, 0) is 17.6 Å². The Balaban J connectivity index is 1.48. The number of halogens is 1. The van der Waals surface area contributed by atoms with Crippen LogP contribution in [0.5, 0.6) is 5.75 Å². The van der Waals surface area contributed by atoms with Gasteiger partial charge in [0.2, 0.25) is 0 Å². The van der Waals surface area contributed by atoms with E-state index in [-0.39, 0.29) is 18.1 Å². The van der Waals surface area contributed by atoms with Crippen LogP contribution < -0.4 is 15.7 Å². The van der Waals surface area contributed by atoms with Gasteiger partial charge in [0.25, 0.3) is 5.91 Å². The highest BCUT2D eigenvalue weighted by Crippen LogP contribution is 2.29. The molecule has 0 aliphatic heterocycles. The molecule has 1 amide bonds. The van der Waals surface area contributed by atoms with Crippen LogP contribution in [0.15, 0.2) is 45.6 Å². The average molecular weight is 398 g/mol. The number of ether oxygens (including phenoxy) is 1. The SMILES string of the molecule is Cc1ccc(NC(=O)COc2ccc3c4c(c(=O)oc3c2)CCCC4)cc1Cl. The van der Waals surface area contributed by atoms with E-state index < -0.39 is 0 Å². The first-order valence-corrected chi connectivity index (χ1v) is 9.66. The van der Waals surface area contributed by atoms with Gasteiger partial charge >= 0.3 is 5.63 Å². The Morgan fingerprint density at radius 3 is 2.71 bits per heavy atom. The molecular formula is C22H20ClNO4. The van der Waals surface area contributed by atoms with Gasteiger partial charge in [-0.05, 0) is 68.0 Å². The van der Waals surface area contributed by atoms with Crippen LogP contribution in [0.4, 0.5) is 5.69 Å². The van der Waals surface area contributed by atoms with Crippen LogP contribution in [-0.4, -0.2) is 12.5 Å². The highest BCUT2D eigenvalue weighted by Gasteiger charge is 2.18. The third-order valence-corrected chi connectivity index (χ3v) is 5.43. The molecule has 0 bridgehead atoms. The predicted molar refractivity (Wildman–Crippen MR) is 109 cm³/mol. The number of aryl methyl sites for hydroxylation is 2. The summed E-state index contributed by atoms with van der Waals surface area (Å²) in [6.45, 7) is 1.73. The summed E-state index contributed by atoms with van der Waals surface area (Å²) < 4.78 is 11.1. The van der Waals surface area contributed by atoms with E-state index in [9.17, 15) is 9.59 Å². The Hall–Kier alpha value is -2.79. The number of rotatable bonds is 4. The summed E-state index contributed by atoms with van der Waals surface area (Å²) in [5, 5.41) is 4.28. The van der Waals surface area contributed by atoms with Crippen molar-refractivity contribution in [1.82, 2.24) is 0 Å². The number of anilines is 1. The van der Waals surface area contributed by atoms with Crippen molar-refractivity contribution in [2.45, 2.75) is 32.6 Å². The standard InChI is InChI=1S/C22H20ClNO4/c1-13-6-7-14(10-19(13)23)24-21(25)12-27-15-8-9-17-16-4-2-3-5-18(16)22(26)28-20(17)11-15/h6-11H,2-5,12H2,1H3,(H,24,25). The number of amides is 1. The molecule has 28 heavy (non-hydrogen) atoms. The highest BCUT2D eigenvalue weighted by molar-refractivity contribution is 6.31. The minimum absolute atomic E-state index is 0.161. The fraction of sp³-hybridized carbons (Fsp3) is 0.273. The Kier molecular flexibility index (Phi) is 5.09. The van der Waals surface area contributed by atoms with Crippen molar-refractivity contribution in [3.63, 3.8) is 0 Å². The van der Waals surface area contributed by atoms with Crippen molar-refractivity contribution in [2.24, 2.45) is 0 Å². The van der Waals surface area contributed by atoms with Crippen LogP contribution in [0.25, 0.3) is 11.0 Å². The second kappa shape index (κ2) is 7.68. The molecule has 0 fully saturated rings. The topological polar surface area (TPSA) is 68.5 Å². The molecule has 1 aliphatic rings. The van der Waals surface area contributed by atoms with Crippen LogP contribution in [0.3, 0.4) is 0 Å². The summed E-state index contributed by atoms with van der Waals surface area (Å²) in [5.41, 5.74) is 3.65. The van der Waals surface area contributed by atoms with Crippen molar-refractivity contribution in [3.8, 4) is 5.75 Å². The van der Waals surface area contributed by atoms with Crippen LogP contribution in [0, 0.1) is 6.92 Å². The van der Waals surface area contributed by atoms with Gasteiger partial charge in [0.1, 0.15) is 11.3 Å². The van der Waals surface area contributed by atoms with Crippen molar-refractivity contribution in [1.29, 1.82) is 0 Å². The average Bonchev–Trinajstić information content (AvgIpc) is 2.69. The molecule has 0 unspecified atom stereocenters. The van der Waals surface area contributed by atoms with E-state index in [1.807, 2.05) is 19.1 Å². The molecule has 0 spiro atoms. The van der Waals surface area contributed by atoms with Gasteiger partial charge in [-0.3, -0.25) is 4.79 Å². The summed E-state index contributed by atoms with van der Waals surface area (Å²) in [4.78, 5) is 24.4. The van der Waals surface area contributed by atoms with Crippen LogP contribution >= 0.6 is 11.6 Å². The molecule has 1 aromatic heterocycles. The normalized spacial score (nSPS) is 13.2. The molecule has 0 radical (unpaired) electrons. The van der Waals surface area contributed by atoms with Crippen molar-refractivity contribution < 1.29 is 13.9 Å². The van der Waals surface area contributed by atoms with E-state index in [0.717, 1.165) is 47.8 Å². The monoisotopic (exact) mass is 397 g/mol. The molecule has 1 N–H and O–H groups in total. The zero-order valence-electron chi connectivity index (χ0n) is 15.5. The second-order valence-corrected chi connectivity index (χ2v) is 7.42. The lowest BCUT2D eigenvalue weighted by atomic mass is 9.91. The van der Waals surface area contributed by atoms with Gasteiger partial charge in [-0.15, -0.1) is 0 Å². The van der Waals surface area contributed by atoms with E-state index >= 15 is 0 Å². The number of hydrogen-bond acceptors (Lipinski definition) is 4. The van der Waals surface area contributed by atoms with Gasteiger partial charge in [-0.2, -0.15) is 0 Å². The minimum Gasteiger partial charge on any atom is -0.484 e. The van der Waals surface area contributed by atoms with E-state index in [4.69, 9.17) is 20.8 Å². The Labute approximate surface area is 167 Å². The molecule has 2 aromatic carbocycles. The van der Waals surface area contributed by atoms with Gasteiger partial charge in [-0.1, -0.05) is 17.7 Å². The summed E-state index contributed by atoms with van der Waals surface area (Å²) in [6, 6.07) is 10.7. The first kappa shape index (κ1) is 18.6. The first-order valence-electron chi connectivity index (χ1n) is 9.29. The van der Waals surface area contributed by atoms with E-state index in [0.29, 0.717) is 22.0 Å². The molecule has 5 nitrogen and oxygen atoms in total. The number of fused-ring (bicyclic) bond motifs is 3. The minimum atomic E-state index is -0.299. The number of carbonyl (C=O) groups excluding carboxylic acids is 1. The molecule has 1 heterocycles. The fourth-order valence-electron chi connectivity index (χ4n) is 3.53. The number of benzene rings is 2. The summed E-state index contributed by atoms with van der Waals surface area (Å²) in [7, 11) is 0. The summed E-state index contributed by atoms with van der Waals surface area (Å²) >= 11 is 6.07. The third kappa shape index (κ3) is 3.76. The zero-order valence-corrected chi connectivity index (χ0v) is 16.3. The van der Waals surface area contributed by atoms with E-state index in [1.165, 1.54) is 0 Å². The van der Waals surface area contributed by atoms with E-state index in [2.05, 4.69) is 5.32 Å². The predicted octanol–water partition coefficient (Wildman–Crippen LogP) is 4.65. The van der Waals surface area contributed by atoms with Crippen LogP contribution in [0.1, 0.15) is 29.5 Å². The maximum Gasteiger partial charge on any atom is 0.339 e. The summed E-state index contributed by atoms with van der Waals surface area (Å²) in [6.07, 6.45) is 3.76. The lowest BCUT2D eigenvalue weighted by Crippen LogP contribution is -2.20. The lowest BCUT2D eigenvalue weighted by Gasteiger charge is -2.16. The second-order valence-electron chi connectivity index (χ2n) is 7.01. The first-order chi connectivity index (χ1) is 13.5. The van der Waals surface area contributed by atoms with Gasteiger partial charge in [0.05, 0.1) is 0 Å². The van der Waals surface area contributed by atoms with Crippen molar-refractivity contribution >= 4 is 34.2 Å². The van der Waals surface area contributed by atoms with Crippen molar-refractivity contribution in [2.75, 3.05) is 11.9 Å². The molecule has 1 aliphatic carbocycles. The number of carbonyl (C=O) groups is 1. The third-order valence-electron chi connectivity index (χ3n) is 5.02. The molecule has 3 aromatic rings. The molecular weight excluding hydrogens is 378 g/mol. The summed E-state index contributed by atoms with van der Waals surface area (Å²) in [5.74, 6) is 0.176. The molecule has 0 atom stereocenters. The number of nitrogens with one attached hydrogen (secondary N) is 1. The lowest BCUT2D eigenvalue weighted by molar-refractivity contribution is -0.118. The molecule has 0 saturated heterocycles. The maximum atomic E-state index is 12.2. The zero-order chi connectivity index (χ0) is 19.7. The van der Waals surface area contributed by atoms with Gasteiger partial charge in [0, 0.05) is 27.7 Å². The smallest absolute Gasteiger partial charge is 0.339 e. The molecule has 144 valence electrons. The fourth-order valence-corrected chi connectivity index (χ4v) is 3.71. The maximum absolute atomic E-state index is 12.2. The Bertz CT molecular complexity index is 1120. The van der Waals surface area contributed by atoms with E-state index in [1.54, 1.807) is 24.3 Å². The van der Waals surface area contributed by atoms with Gasteiger partial charge in [0.15, 0.2) is 6.61 Å². The number of hydrogen-bond donors (Lipinski definition) is 1. The van der Waals surface area contributed by atoms with Crippen molar-refractivity contribution in [3.05, 3.63) is 68.5 Å². The highest BCUT2D eigenvalue weighted by atomic mass is 35.5. The molecule has 0 saturated carbocycles. The molecule has 6 heteroatoms. The quantitative estimate of drug-likeness (QED) is 0.650. The van der Waals surface area contributed by atoms with Crippen LogP contribution in [0.2, 0.25) is 5.02 Å². The van der Waals surface area contributed by atoms with Gasteiger partial charge < -0.3 is 14.5 Å². The molecule has 4 rings (SSSR count). The van der Waals surface area contributed by atoms with Gasteiger partial charge in [-0.25, -0.2) is 4.79 Å². The largest absolute Gasteiger partial charge is 0.484 e. The Morgan fingerprint density at radius 1 is 1.14 bits per heavy atom. The Morgan fingerprint density at radius 2 is 1.93 bits per heavy atom.